The van der Waals surface area contributed by atoms with E-state index in [0.717, 1.165) is 25.7 Å². The van der Waals surface area contributed by atoms with E-state index < -0.39 is 11.8 Å². The second-order valence-corrected chi connectivity index (χ2v) is 4.24. The van der Waals surface area contributed by atoms with Crippen LogP contribution >= 0.6 is 0 Å². The summed E-state index contributed by atoms with van der Waals surface area (Å²) in [5.41, 5.74) is 5.27. The van der Waals surface area contributed by atoms with Gasteiger partial charge in [-0.15, -0.1) is 0 Å². The van der Waals surface area contributed by atoms with Crippen LogP contribution in [-0.2, 0) is 9.59 Å². The molecule has 1 heterocycles. The van der Waals surface area contributed by atoms with Gasteiger partial charge in [0.2, 0.25) is 0 Å². The lowest BCUT2D eigenvalue weighted by Crippen LogP contribution is -2.47. The molecule has 0 aromatic carbocycles. The molecule has 0 aromatic rings. The molecule has 16 heavy (non-hydrogen) atoms. The zero-order valence-electron chi connectivity index (χ0n) is 9.87. The van der Waals surface area contributed by atoms with E-state index in [9.17, 15) is 9.59 Å². The van der Waals surface area contributed by atoms with Crippen molar-refractivity contribution >= 4 is 11.8 Å². The molecule has 5 heteroatoms. The third kappa shape index (κ3) is 3.48. The summed E-state index contributed by atoms with van der Waals surface area (Å²) in [5, 5.41) is 2.52. The first kappa shape index (κ1) is 13.0. The highest BCUT2D eigenvalue weighted by Gasteiger charge is 2.26. The van der Waals surface area contributed by atoms with E-state index in [2.05, 4.69) is 5.32 Å². The van der Waals surface area contributed by atoms with Crippen LogP contribution in [0.25, 0.3) is 0 Å². The van der Waals surface area contributed by atoms with Crippen molar-refractivity contribution in [2.75, 3.05) is 19.6 Å². The second-order valence-electron chi connectivity index (χ2n) is 4.24. The van der Waals surface area contributed by atoms with E-state index in [4.69, 9.17) is 5.73 Å². The lowest BCUT2D eigenvalue weighted by atomic mass is 10.1. The zero-order chi connectivity index (χ0) is 12.0. The molecule has 0 radical (unpaired) electrons. The van der Waals surface area contributed by atoms with E-state index in [1.165, 1.54) is 0 Å². The molecule has 0 aliphatic carbocycles. The highest BCUT2D eigenvalue weighted by atomic mass is 16.2. The molecule has 2 amide bonds. The Balaban J connectivity index is 2.52. The Hall–Kier alpha value is -1.10. The number of likely N-dealkylation sites (tertiary alicyclic amines) is 1. The maximum absolute atomic E-state index is 11.8. The fourth-order valence-corrected chi connectivity index (χ4v) is 1.97. The van der Waals surface area contributed by atoms with Crippen molar-refractivity contribution in [3.63, 3.8) is 0 Å². The number of nitrogens with zero attached hydrogens (tertiary/aromatic N) is 1. The van der Waals surface area contributed by atoms with E-state index in [1.807, 2.05) is 6.92 Å². The minimum absolute atomic E-state index is 0.165. The number of rotatable bonds is 2. The quantitative estimate of drug-likeness (QED) is 0.644. The van der Waals surface area contributed by atoms with Crippen molar-refractivity contribution in [2.45, 2.75) is 38.6 Å². The first-order valence-corrected chi connectivity index (χ1v) is 5.95. The van der Waals surface area contributed by atoms with Gasteiger partial charge in [0.25, 0.3) is 0 Å². The summed E-state index contributed by atoms with van der Waals surface area (Å²) in [6, 6.07) is 0.165. The number of hydrogen-bond donors (Lipinski definition) is 2. The van der Waals surface area contributed by atoms with Crippen LogP contribution in [0.1, 0.15) is 32.6 Å². The number of amides is 2. The maximum Gasteiger partial charge on any atom is 0.312 e. The van der Waals surface area contributed by atoms with Crippen molar-refractivity contribution in [3.8, 4) is 0 Å². The first-order valence-electron chi connectivity index (χ1n) is 5.95. The summed E-state index contributed by atoms with van der Waals surface area (Å²) in [7, 11) is 0. The Bertz CT molecular complexity index is 256. The van der Waals surface area contributed by atoms with E-state index in [0.29, 0.717) is 19.6 Å². The minimum atomic E-state index is -0.529. The second kappa shape index (κ2) is 6.48. The Morgan fingerprint density at radius 1 is 1.38 bits per heavy atom. The van der Waals surface area contributed by atoms with E-state index in [-0.39, 0.29) is 6.04 Å². The first-order chi connectivity index (χ1) is 7.66. The molecule has 1 saturated heterocycles. The predicted molar refractivity (Wildman–Crippen MR) is 61.7 cm³/mol. The topological polar surface area (TPSA) is 75.4 Å². The third-order valence-electron chi connectivity index (χ3n) is 2.94. The van der Waals surface area contributed by atoms with Crippen LogP contribution < -0.4 is 11.1 Å². The lowest BCUT2D eigenvalue weighted by molar-refractivity contribution is -0.147. The Kier molecular flexibility index (Phi) is 5.25. The summed E-state index contributed by atoms with van der Waals surface area (Å²) in [4.78, 5) is 25.0. The minimum Gasteiger partial charge on any atom is -0.347 e. The molecule has 1 atom stereocenters. The zero-order valence-corrected chi connectivity index (χ0v) is 9.87. The third-order valence-corrected chi connectivity index (χ3v) is 2.94. The molecular formula is C11H21N3O2. The van der Waals surface area contributed by atoms with E-state index in [1.54, 1.807) is 4.90 Å². The van der Waals surface area contributed by atoms with Gasteiger partial charge in [-0.1, -0.05) is 12.8 Å². The molecule has 1 fully saturated rings. The van der Waals surface area contributed by atoms with E-state index >= 15 is 0 Å². The molecule has 5 nitrogen and oxygen atoms in total. The van der Waals surface area contributed by atoms with Gasteiger partial charge in [-0.3, -0.25) is 9.59 Å². The van der Waals surface area contributed by atoms with Crippen molar-refractivity contribution < 1.29 is 9.59 Å². The Morgan fingerprint density at radius 2 is 2.12 bits per heavy atom. The summed E-state index contributed by atoms with van der Waals surface area (Å²) in [6.07, 6.45) is 4.24. The Morgan fingerprint density at radius 3 is 2.81 bits per heavy atom. The van der Waals surface area contributed by atoms with Gasteiger partial charge in [0.05, 0.1) is 0 Å². The predicted octanol–water partition coefficient (Wildman–Crippen LogP) is -0.148. The molecule has 92 valence electrons. The average Bonchev–Trinajstić information content (AvgIpc) is 2.49. The van der Waals surface area contributed by atoms with Crippen LogP contribution in [0.3, 0.4) is 0 Å². The van der Waals surface area contributed by atoms with Gasteiger partial charge in [0.1, 0.15) is 0 Å². The molecule has 0 aromatic heterocycles. The van der Waals surface area contributed by atoms with Crippen LogP contribution in [0.15, 0.2) is 0 Å². The normalized spacial score (nSPS) is 21.4. The van der Waals surface area contributed by atoms with Crippen molar-refractivity contribution in [3.05, 3.63) is 0 Å². The molecule has 0 bridgehead atoms. The summed E-state index contributed by atoms with van der Waals surface area (Å²) in [5.74, 6) is -0.943. The SMILES string of the molecule is CC1CCCCCN1C(=O)C(=O)NCCN. The summed E-state index contributed by atoms with van der Waals surface area (Å²) < 4.78 is 0. The molecule has 1 unspecified atom stereocenters. The van der Waals surface area contributed by atoms with Gasteiger partial charge < -0.3 is 16.0 Å². The monoisotopic (exact) mass is 227 g/mol. The van der Waals surface area contributed by atoms with Crippen LogP contribution in [0, 0.1) is 0 Å². The van der Waals surface area contributed by atoms with Crippen LogP contribution in [0.5, 0.6) is 0 Å². The molecule has 3 N–H and O–H groups in total. The van der Waals surface area contributed by atoms with Gasteiger partial charge >= 0.3 is 11.8 Å². The average molecular weight is 227 g/mol. The maximum atomic E-state index is 11.8. The largest absolute Gasteiger partial charge is 0.347 e. The van der Waals surface area contributed by atoms with Crippen molar-refractivity contribution in [1.82, 2.24) is 10.2 Å². The number of hydrogen-bond acceptors (Lipinski definition) is 3. The molecule has 1 aliphatic heterocycles. The fraction of sp³-hybridized carbons (Fsp3) is 0.818. The molecule has 0 spiro atoms. The van der Waals surface area contributed by atoms with Gasteiger partial charge in [-0.2, -0.15) is 0 Å². The lowest BCUT2D eigenvalue weighted by Gasteiger charge is -2.26. The number of nitrogens with two attached hydrogens (primary N) is 1. The number of nitrogens with one attached hydrogen (secondary N) is 1. The fourth-order valence-electron chi connectivity index (χ4n) is 1.97. The van der Waals surface area contributed by atoms with Crippen LogP contribution in [0.2, 0.25) is 0 Å². The molecule has 0 saturated carbocycles. The van der Waals surface area contributed by atoms with Crippen molar-refractivity contribution in [2.24, 2.45) is 5.73 Å². The summed E-state index contributed by atoms with van der Waals surface area (Å²) in [6.45, 7) is 3.40. The molecular weight excluding hydrogens is 206 g/mol. The van der Waals surface area contributed by atoms with Gasteiger partial charge in [-0.25, -0.2) is 0 Å². The summed E-state index contributed by atoms with van der Waals surface area (Å²) >= 11 is 0. The highest BCUT2D eigenvalue weighted by molar-refractivity contribution is 6.35. The standard InChI is InChI=1S/C11H21N3O2/c1-9-5-3-2-4-8-14(9)11(16)10(15)13-7-6-12/h9H,2-8,12H2,1H3,(H,13,15). The van der Waals surface area contributed by atoms with Crippen molar-refractivity contribution in [1.29, 1.82) is 0 Å². The van der Waals surface area contributed by atoms with Crippen LogP contribution in [0.4, 0.5) is 0 Å². The van der Waals surface area contributed by atoms with Crippen LogP contribution in [-0.4, -0.2) is 42.4 Å². The highest BCUT2D eigenvalue weighted by Crippen LogP contribution is 2.16. The number of carbonyl (C=O) groups excluding carboxylic acids is 2. The van der Waals surface area contributed by atoms with Gasteiger partial charge in [-0.05, 0) is 19.8 Å². The van der Waals surface area contributed by atoms with Gasteiger partial charge in [0.15, 0.2) is 0 Å². The number of carbonyl (C=O) groups is 2. The smallest absolute Gasteiger partial charge is 0.312 e. The molecule has 1 aliphatic rings. The van der Waals surface area contributed by atoms with Gasteiger partial charge in [0, 0.05) is 25.7 Å². The molecule has 1 rings (SSSR count). The Labute approximate surface area is 96.4 Å².